The van der Waals surface area contributed by atoms with Crippen molar-refractivity contribution in [2.24, 2.45) is 0 Å². The Morgan fingerprint density at radius 3 is 2.43 bits per heavy atom. The molecule has 0 amide bonds. The predicted molar refractivity (Wildman–Crippen MR) is 83.4 cm³/mol. The Balaban J connectivity index is 1.67. The summed E-state index contributed by atoms with van der Waals surface area (Å²) in [6, 6.07) is 10.4. The number of carbonyl (C=O) groups excluding carboxylic acids is 1. The molecule has 21 heavy (non-hydrogen) atoms. The van der Waals surface area contributed by atoms with E-state index in [1.54, 1.807) is 0 Å². The number of rotatable bonds is 5. The number of hydrogen-bond acceptors (Lipinski definition) is 3. The third-order valence-electron chi connectivity index (χ3n) is 5.05. The molecule has 3 rings (SSSR count). The zero-order valence-electron chi connectivity index (χ0n) is 12.7. The molecule has 3 heteroatoms. The van der Waals surface area contributed by atoms with Gasteiger partial charge in [-0.05, 0) is 24.8 Å². The first-order valence-corrected chi connectivity index (χ1v) is 8.21. The molecule has 3 nitrogen and oxygen atoms in total. The fourth-order valence-electron chi connectivity index (χ4n) is 3.86. The second kappa shape index (κ2) is 6.71. The average molecular weight is 287 g/mol. The maximum Gasteiger partial charge on any atom is 0.153 e. The van der Waals surface area contributed by atoms with Gasteiger partial charge in [-0.15, -0.1) is 0 Å². The molecule has 1 aromatic carbocycles. The van der Waals surface area contributed by atoms with Crippen LogP contribution in [-0.4, -0.2) is 42.5 Å². The van der Waals surface area contributed by atoms with E-state index in [9.17, 15) is 4.79 Å². The molecule has 0 spiro atoms. The summed E-state index contributed by atoms with van der Waals surface area (Å²) in [5.74, 6) is 0.450. The lowest BCUT2D eigenvalue weighted by atomic mass is 9.86. The van der Waals surface area contributed by atoms with E-state index >= 15 is 0 Å². The lowest BCUT2D eigenvalue weighted by molar-refractivity contribution is -0.134. The fourth-order valence-corrected chi connectivity index (χ4v) is 3.86. The molecule has 0 N–H and O–H groups in total. The molecule has 114 valence electrons. The fraction of sp³-hybridized carbons (Fsp3) is 0.611. The molecule has 0 radical (unpaired) electrons. The standard InChI is InChI=1S/C18H25NO2/c20-17(9-8-16-6-2-1-3-7-16)18(10-4-5-11-18)19-12-14-21-15-13-19/h1-3,6-7H,4-5,8-15H2. The van der Waals surface area contributed by atoms with Gasteiger partial charge in [0.2, 0.25) is 0 Å². The van der Waals surface area contributed by atoms with Gasteiger partial charge in [-0.2, -0.15) is 0 Å². The second-order valence-electron chi connectivity index (χ2n) is 6.25. The molecule has 1 heterocycles. The molecule has 1 aliphatic heterocycles. The van der Waals surface area contributed by atoms with Crippen molar-refractivity contribution in [1.29, 1.82) is 0 Å². The van der Waals surface area contributed by atoms with Crippen LogP contribution in [0, 0.1) is 0 Å². The van der Waals surface area contributed by atoms with Crippen LogP contribution in [0.25, 0.3) is 0 Å². The van der Waals surface area contributed by atoms with Crippen molar-refractivity contribution in [3.63, 3.8) is 0 Å². The first-order chi connectivity index (χ1) is 10.3. The number of aryl methyl sites for hydroxylation is 1. The van der Waals surface area contributed by atoms with E-state index in [2.05, 4.69) is 17.0 Å². The monoisotopic (exact) mass is 287 g/mol. The van der Waals surface area contributed by atoms with Crippen molar-refractivity contribution in [3.8, 4) is 0 Å². The number of ketones is 1. The van der Waals surface area contributed by atoms with Gasteiger partial charge in [-0.25, -0.2) is 0 Å². The highest BCUT2D eigenvalue weighted by Crippen LogP contribution is 2.37. The topological polar surface area (TPSA) is 29.5 Å². The lowest BCUT2D eigenvalue weighted by Crippen LogP contribution is -2.56. The van der Waals surface area contributed by atoms with Crippen LogP contribution in [0.5, 0.6) is 0 Å². The lowest BCUT2D eigenvalue weighted by Gasteiger charge is -2.42. The summed E-state index contributed by atoms with van der Waals surface area (Å²) in [5.41, 5.74) is 1.08. The molecule has 1 aliphatic carbocycles. The van der Waals surface area contributed by atoms with E-state index in [0.29, 0.717) is 12.2 Å². The Morgan fingerprint density at radius 2 is 1.76 bits per heavy atom. The molecule has 0 aromatic heterocycles. The van der Waals surface area contributed by atoms with Gasteiger partial charge in [0, 0.05) is 19.5 Å². The smallest absolute Gasteiger partial charge is 0.153 e. The summed E-state index contributed by atoms with van der Waals surface area (Å²) in [6.07, 6.45) is 6.00. The van der Waals surface area contributed by atoms with Crippen LogP contribution < -0.4 is 0 Å². The van der Waals surface area contributed by atoms with Crippen LogP contribution in [0.2, 0.25) is 0 Å². The van der Waals surface area contributed by atoms with Crippen LogP contribution >= 0.6 is 0 Å². The summed E-state index contributed by atoms with van der Waals surface area (Å²) in [7, 11) is 0. The summed E-state index contributed by atoms with van der Waals surface area (Å²) in [5, 5.41) is 0. The maximum atomic E-state index is 13.0. The minimum Gasteiger partial charge on any atom is -0.379 e. The predicted octanol–water partition coefficient (Wildman–Crippen LogP) is 2.83. The first kappa shape index (κ1) is 14.7. The van der Waals surface area contributed by atoms with Gasteiger partial charge in [-0.1, -0.05) is 43.2 Å². The first-order valence-electron chi connectivity index (χ1n) is 8.21. The zero-order valence-corrected chi connectivity index (χ0v) is 12.7. The number of nitrogens with zero attached hydrogens (tertiary/aromatic N) is 1. The summed E-state index contributed by atoms with van der Waals surface area (Å²) >= 11 is 0. The Morgan fingerprint density at radius 1 is 1.10 bits per heavy atom. The number of ether oxygens (including phenoxy) is 1. The van der Waals surface area contributed by atoms with Crippen molar-refractivity contribution < 1.29 is 9.53 Å². The number of Topliss-reactive ketones (excluding diaryl/α,β-unsaturated/α-hetero) is 1. The highest BCUT2D eigenvalue weighted by molar-refractivity contribution is 5.89. The number of morpholine rings is 1. The van der Waals surface area contributed by atoms with E-state index in [1.807, 2.05) is 18.2 Å². The summed E-state index contributed by atoms with van der Waals surface area (Å²) in [6.45, 7) is 3.37. The normalized spacial score (nSPS) is 22.3. The van der Waals surface area contributed by atoms with E-state index in [1.165, 1.54) is 18.4 Å². The quantitative estimate of drug-likeness (QED) is 0.834. The second-order valence-corrected chi connectivity index (χ2v) is 6.25. The van der Waals surface area contributed by atoms with E-state index in [-0.39, 0.29) is 5.54 Å². The highest BCUT2D eigenvalue weighted by Gasteiger charge is 2.45. The van der Waals surface area contributed by atoms with E-state index in [4.69, 9.17) is 4.74 Å². The maximum absolute atomic E-state index is 13.0. The van der Waals surface area contributed by atoms with Gasteiger partial charge in [-0.3, -0.25) is 9.69 Å². The van der Waals surface area contributed by atoms with Crippen molar-refractivity contribution in [1.82, 2.24) is 4.90 Å². The number of carbonyl (C=O) groups is 1. The molecule has 2 fully saturated rings. The molecule has 1 saturated carbocycles. The van der Waals surface area contributed by atoms with Gasteiger partial charge in [0.1, 0.15) is 0 Å². The minimum atomic E-state index is -0.182. The third-order valence-corrected chi connectivity index (χ3v) is 5.05. The molecule has 0 unspecified atom stereocenters. The Bertz CT molecular complexity index is 459. The summed E-state index contributed by atoms with van der Waals surface area (Å²) in [4.78, 5) is 15.4. The van der Waals surface area contributed by atoms with Crippen molar-refractivity contribution in [2.75, 3.05) is 26.3 Å². The largest absolute Gasteiger partial charge is 0.379 e. The van der Waals surface area contributed by atoms with Gasteiger partial charge in [0.15, 0.2) is 5.78 Å². The average Bonchev–Trinajstić information content (AvgIpc) is 3.05. The SMILES string of the molecule is O=C(CCc1ccccc1)C1(N2CCOCC2)CCCC1. The number of hydrogen-bond donors (Lipinski definition) is 0. The van der Waals surface area contributed by atoms with Crippen LogP contribution in [0.15, 0.2) is 30.3 Å². The van der Waals surface area contributed by atoms with E-state index < -0.39 is 0 Å². The van der Waals surface area contributed by atoms with Gasteiger partial charge in [0.25, 0.3) is 0 Å². The van der Waals surface area contributed by atoms with Crippen molar-refractivity contribution in [3.05, 3.63) is 35.9 Å². The Labute approximate surface area is 127 Å². The molecular weight excluding hydrogens is 262 g/mol. The zero-order chi connectivity index (χ0) is 14.5. The molecule has 2 aliphatic rings. The third kappa shape index (κ3) is 3.19. The minimum absolute atomic E-state index is 0.182. The van der Waals surface area contributed by atoms with Crippen LogP contribution in [-0.2, 0) is 16.0 Å². The van der Waals surface area contributed by atoms with E-state index in [0.717, 1.165) is 45.6 Å². The van der Waals surface area contributed by atoms with Crippen molar-refractivity contribution >= 4 is 5.78 Å². The molecule has 0 atom stereocenters. The molecule has 0 bridgehead atoms. The number of benzene rings is 1. The molecule has 1 saturated heterocycles. The van der Waals surface area contributed by atoms with Crippen molar-refractivity contribution in [2.45, 2.75) is 44.1 Å². The van der Waals surface area contributed by atoms with Gasteiger partial charge < -0.3 is 4.74 Å². The molecular formula is C18H25NO2. The van der Waals surface area contributed by atoms with Gasteiger partial charge >= 0.3 is 0 Å². The van der Waals surface area contributed by atoms with Crippen LogP contribution in [0.4, 0.5) is 0 Å². The Hall–Kier alpha value is -1.19. The summed E-state index contributed by atoms with van der Waals surface area (Å²) < 4.78 is 5.46. The van der Waals surface area contributed by atoms with Crippen LogP contribution in [0.3, 0.4) is 0 Å². The Kier molecular flexibility index (Phi) is 4.71. The van der Waals surface area contributed by atoms with Crippen LogP contribution in [0.1, 0.15) is 37.7 Å². The van der Waals surface area contributed by atoms with Gasteiger partial charge in [0.05, 0.1) is 18.8 Å². The molecule has 1 aromatic rings. The highest BCUT2D eigenvalue weighted by atomic mass is 16.5.